The molecule has 0 unspecified atom stereocenters. The zero-order valence-electron chi connectivity index (χ0n) is 17.3. The van der Waals surface area contributed by atoms with Crippen LogP contribution in [0.2, 0.25) is 0 Å². The molecule has 4 fully saturated rings. The molecule has 0 saturated heterocycles. The number of anilines is 1. The molecule has 0 atom stereocenters. The van der Waals surface area contributed by atoms with Crippen molar-refractivity contribution in [2.45, 2.75) is 38.0 Å². The summed E-state index contributed by atoms with van der Waals surface area (Å²) in [6.45, 7) is 0. The Balaban J connectivity index is 1.24. The molecule has 3 aromatic rings. The Kier molecular flexibility index (Phi) is 4.42. The van der Waals surface area contributed by atoms with Gasteiger partial charge in [-0.05, 0) is 80.0 Å². The lowest BCUT2D eigenvalue weighted by Gasteiger charge is -2.54. The molecule has 4 aliphatic rings. The zero-order valence-corrected chi connectivity index (χ0v) is 18.1. The standard InChI is InChI=1S/C24H24N2O4S/c1-29-17-2-3-20-14(9-17)10-18(23(28)30-20)22(27)26-24-25-19(11-31-24)21-15-5-12-4-13(7-15)8-16(21)6-12/h2-3,9-13,15-16,21H,4-8H2,1H3,(H,25,26,27). The van der Waals surface area contributed by atoms with E-state index in [1.165, 1.54) is 43.4 Å². The number of thiazole rings is 1. The third kappa shape index (κ3) is 3.26. The van der Waals surface area contributed by atoms with Gasteiger partial charge in [-0.15, -0.1) is 11.3 Å². The Morgan fingerprint density at radius 2 is 1.87 bits per heavy atom. The summed E-state index contributed by atoms with van der Waals surface area (Å²) in [4.78, 5) is 30.0. The molecule has 1 aromatic carbocycles. The van der Waals surface area contributed by atoms with Crippen LogP contribution >= 0.6 is 11.3 Å². The molecule has 31 heavy (non-hydrogen) atoms. The number of carbonyl (C=O) groups is 1. The summed E-state index contributed by atoms with van der Waals surface area (Å²) >= 11 is 1.44. The number of benzene rings is 1. The first-order valence-corrected chi connectivity index (χ1v) is 11.8. The molecule has 7 rings (SSSR count). The summed E-state index contributed by atoms with van der Waals surface area (Å²) in [7, 11) is 1.57. The number of rotatable bonds is 4. The number of fused-ring (bicyclic) bond motifs is 1. The first-order valence-electron chi connectivity index (χ1n) is 11.0. The van der Waals surface area contributed by atoms with E-state index in [2.05, 4.69) is 10.7 Å². The summed E-state index contributed by atoms with van der Waals surface area (Å²) in [5.41, 5.74) is 0.838. The zero-order chi connectivity index (χ0) is 21.1. The first-order chi connectivity index (χ1) is 15.1. The minimum absolute atomic E-state index is 0.0351. The first kappa shape index (κ1) is 19.0. The van der Waals surface area contributed by atoms with Crippen molar-refractivity contribution in [3.8, 4) is 5.75 Å². The van der Waals surface area contributed by atoms with E-state index in [9.17, 15) is 9.59 Å². The van der Waals surface area contributed by atoms with Crippen LogP contribution in [0, 0.1) is 23.7 Å². The Morgan fingerprint density at radius 3 is 2.58 bits per heavy atom. The molecule has 0 aliphatic heterocycles. The fraction of sp³-hybridized carbons (Fsp3) is 0.458. The fourth-order valence-electron chi connectivity index (χ4n) is 6.46. The van der Waals surface area contributed by atoms with Crippen LogP contribution in [0.3, 0.4) is 0 Å². The minimum Gasteiger partial charge on any atom is -0.497 e. The Bertz CT molecular complexity index is 1200. The average molecular weight is 437 g/mol. The molecule has 1 N–H and O–H groups in total. The minimum atomic E-state index is -0.659. The van der Waals surface area contributed by atoms with Gasteiger partial charge in [-0.1, -0.05) is 0 Å². The van der Waals surface area contributed by atoms with Gasteiger partial charge in [0.15, 0.2) is 5.13 Å². The number of aromatic nitrogens is 1. The highest BCUT2D eigenvalue weighted by molar-refractivity contribution is 7.14. The number of hydrogen-bond donors (Lipinski definition) is 1. The highest BCUT2D eigenvalue weighted by Crippen LogP contribution is 2.59. The van der Waals surface area contributed by atoms with Crippen molar-refractivity contribution in [2.24, 2.45) is 23.7 Å². The van der Waals surface area contributed by atoms with Crippen LogP contribution < -0.4 is 15.7 Å². The van der Waals surface area contributed by atoms with E-state index < -0.39 is 11.5 Å². The maximum Gasteiger partial charge on any atom is 0.349 e. The molecule has 1 amide bonds. The summed E-state index contributed by atoms with van der Waals surface area (Å²) in [5, 5.41) is 6.08. The molecule has 4 bridgehead atoms. The second kappa shape index (κ2) is 7.19. The van der Waals surface area contributed by atoms with Gasteiger partial charge in [0.25, 0.3) is 5.91 Å². The van der Waals surface area contributed by atoms with Crippen molar-refractivity contribution in [1.82, 2.24) is 4.98 Å². The van der Waals surface area contributed by atoms with Crippen molar-refractivity contribution in [3.63, 3.8) is 0 Å². The normalized spacial score (nSPS) is 28.7. The van der Waals surface area contributed by atoms with Crippen LogP contribution in [0.5, 0.6) is 5.75 Å². The van der Waals surface area contributed by atoms with Gasteiger partial charge in [0.2, 0.25) is 0 Å². The van der Waals surface area contributed by atoms with Crippen molar-refractivity contribution in [2.75, 3.05) is 12.4 Å². The molecule has 2 aromatic heterocycles. The summed E-state index contributed by atoms with van der Waals surface area (Å²) in [6, 6.07) is 6.66. The summed E-state index contributed by atoms with van der Waals surface area (Å²) in [6.07, 6.45) is 6.76. The Morgan fingerprint density at radius 1 is 1.13 bits per heavy atom. The molecular formula is C24H24N2O4S. The maximum atomic E-state index is 12.8. The average Bonchev–Trinajstić information content (AvgIpc) is 3.20. The molecule has 4 saturated carbocycles. The molecule has 7 heteroatoms. The highest BCUT2D eigenvalue weighted by atomic mass is 32.1. The highest BCUT2D eigenvalue weighted by Gasteiger charge is 2.49. The SMILES string of the molecule is COc1ccc2oc(=O)c(C(=O)Nc3nc(C4C5CC6CC(C5)CC4C6)cs3)cc2c1. The smallest absolute Gasteiger partial charge is 0.349 e. The van der Waals surface area contributed by atoms with Gasteiger partial charge >= 0.3 is 5.63 Å². The van der Waals surface area contributed by atoms with Crippen molar-refractivity contribution in [3.05, 3.63) is 51.3 Å². The monoisotopic (exact) mass is 436 g/mol. The van der Waals surface area contributed by atoms with E-state index in [1.54, 1.807) is 31.4 Å². The van der Waals surface area contributed by atoms with E-state index in [4.69, 9.17) is 14.1 Å². The van der Waals surface area contributed by atoms with Crippen molar-refractivity contribution >= 4 is 33.3 Å². The van der Waals surface area contributed by atoms with Crippen LogP contribution in [0.25, 0.3) is 11.0 Å². The van der Waals surface area contributed by atoms with Gasteiger partial charge in [-0.25, -0.2) is 9.78 Å². The lowest BCUT2D eigenvalue weighted by molar-refractivity contribution is -0.00392. The number of nitrogens with zero attached hydrogens (tertiary/aromatic N) is 1. The summed E-state index contributed by atoms with van der Waals surface area (Å²) in [5.74, 6) is 3.98. The maximum absolute atomic E-state index is 12.8. The van der Waals surface area contributed by atoms with Gasteiger partial charge in [0.1, 0.15) is 16.9 Å². The van der Waals surface area contributed by atoms with Crippen molar-refractivity contribution in [1.29, 1.82) is 0 Å². The van der Waals surface area contributed by atoms with Gasteiger partial charge in [-0.3, -0.25) is 10.1 Å². The van der Waals surface area contributed by atoms with Crippen LogP contribution in [-0.4, -0.2) is 18.0 Å². The third-order valence-electron chi connectivity index (χ3n) is 7.49. The quantitative estimate of drug-likeness (QED) is 0.579. The molecule has 160 valence electrons. The molecule has 0 radical (unpaired) electrons. The number of nitrogens with one attached hydrogen (secondary N) is 1. The van der Waals surface area contributed by atoms with Crippen LogP contribution in [-0.2, 0) is 0 Å². The van der Waals surface area contributed by atoms with E-state index in [1.807, 2.05) is 0 Å². The number of hydrogen-bond acceptors (Lipinski definition) is 6. The van der Waals surface area contributed by atoms with Crippen LogP contribution in [0.1, 0.15) is 54.1 Å². The van der Waals surface area contributed by atoms with Crippen LogP contribution in [0.4, 0.5) is 5.13 Å². The largest absolute Gasteiger partial charge is 0.497 e. The second-order valence-electron chi connectivity index (χ2n) is 9.34. The Hall–Kier alpha value is -2.67. The fourth-order valence-corrected chi connectivity index (χ4v) is 7.21. The van der Waals surface area contributed by atoms with E-state index >= 15 is 0 Å². The molecular weight excluding hydrogens is 412 g/mol. The van der Waals surface area contributed by atoms with Gasteiger partial charge in [0, 0.05) is 16.7 Å². The number of carbonyl (C=O) groups excluding carboxylic acids is 1. The lowest BCUT2D eigenvalue weighted by atomic mass is 9.51. The Labute approximate surface area is 183 Å². The van der Waals surface area contributed by atoms with Crippen molar-refractivity contribution < 1.29 is 13.9 Å². The lowest BCUT2D eigenvalue weighted by Crippen LogP contribution is -2.43. The number of amides is 1. The van der Waals surface area contributed by atoms with E-state index in [-0.39, 0.29) is 5.56 Å². The van der Waals surface area contributed by atoms with E-state index in [0.717, 1.165) is 29.4 Å². The van der Waals surface area contributed by atoms with E-state index in [0.29, 0.717) is 27.8 Å². The predicted molar refractivity (Wildman–Crippen MR) is 119 cm³/mol. The van der Waals surface area contributed by atoms with Gasteiger partial charge in [-0.2, -0.15) is 0 Å². The van der Waals surface area contributed by atoms with Gasteiger partial charge in [0.05, 0.1) is 12.8 Å². The molecule has 6 nitrogen and oxygen atoms in total. The van der Waals surface area contributed by atoms with Gasteiger partial charge < -0.3 is 9.15 Å². The predicted octanol–water partition coefficient (Wildman–Crippen LogP) is 5.05. The molecule has 0 spiro atoms. The molecule has 2 heterocycles. The number of ether oxygens (including phenoxy) is 1. The second-order valence-corrected chi connectivity index (χ2v) is 10.2. The topological polar surface area (TPSA) is 81.4 Å². The summed E-state index contributed by atoms with van der Waals surface area (Å²) < 4.78 is 10.5. The molecule has 4 aliphatic carbocycles. The number of methoxy groups -OCH3 is 1. The third-order valence-corrected chi connectivity index (χ3v) is 8.27. The van der Waals surface area contributed by atoms with Crippen LogP contribution in [0.15, 0.2) is 38.9 Å².